The second-order valence-electron chi connectivity index (χ2n) is 3.42. The summed E-state index contributed by atoms with van der Waals surface area (Å²) in [5, 5.41) is 4.43. The first-order valence-electron chi connectivity index (χ1n) is 4.48. The molecule has 1 heterocycles. The van der Waals surface area contributed by atoms with Gasteiger partial charge in [-0.25, -0.2) is 8.42 Å². The average molecular weight is 335 g/mol. The van der Waals surface area contributed by atoms with Crippen molar-refractivity contribution in [2.45, 2.75) is 6.04 Å². The van der Waals surface area contributed by atoms with Gasteiger partial charge >= 0.3 is 0 Å². The fraction of sp³-hybridized carbons (Fsp3) is 0.200. The van der Waals surface area contributed by atoms with Gasteiger partial charge in [0.2, 0.25) is 0 Å². The summed E-state index contributed by atoms with van der Waals surface area (Å²) >= 11 is 2.23. The highest BCUT2D eigenvalue weighted by atomic mass is 127. The molecule has 0 aliphatic carbocycles. The minimum Gasteiger partial charge on any atom is -0.378 e. The van der Waals surface area contributed by atoms with Gasteiger partial charge in [-0.2, -0.15) is 0 Å². The van der Waals surface area contributed by atoms with E-state index in [0.717, 1.165) is 9.26 Å². The number of hydrogen-bond acceptors (Lipinski definition) is 3. The average Bonchev–Trinajstić information content (AvgIpc) is 2.50. The van der Waals surface area contributed by atoms with E-state index in [0.29, 0.717) is 0 Å². The molecule has 3 nitrogen and oxygen atoms in total. The van der Waals surface area contributed by atoms with Gasteiger partial charge in [-0.05, 0) is 46.9 Å². The first-order chi connectivity index (χ1) is 7.05. The normalized spacial score (nSPS) is 22.9. The molecule has 1 unspecified atom stereocenters. The van der Waals surface area contributed by atoms with E-state index in [1.165, 1.54) is 5.41 Å². The Morgan fingerprint density at radius 2 is 1.93 bits per heavy atom. The van der Waals surface area contributed by atoms with Gasteiger partial charge in [-0.15, -0.1) is 0 Å². The lowest BCUT2D eigenvalue weighted by Gasteiger charge is -2.11. The molecule has 1 N–H and O–H groups in total. The summed E-state index contributed by atoms with van der Waals surface area (Å²) in [6.07, 6.45) is 1.69. The van der Waals surface area contributed by atoms with Crippen molar-refractivity contribution >= 4 is 38.1 Å². The van der Waals surface area contributed by atoms with Gasteiger partial charge in [-0.1, -0.05) is 6.08 Å². The largest absolute Gasteiger partial charge is 0.378 e. The number of anilines is 1. The second kappa shape index (κ2) is 4.13. The SMILES string of the molecule is O=S1(=O)C=CC(Nc2ccc(I)cc2)C1. The van der Waals surface area contributed by atoms with Crippen LogP contribution in [-0.4, -0.2) is 20.2 Å². The highest BCUT2D eigenvalue weighted by molar-refractivity contribution is 14.1. The van der Waals surface area contributed by atoms with Gasteiger partial charge in [0, 0.05) is 14.7 Å². The monoisotopic (exact) mass is 335 g/mol. The molecule has 1 atom stereocenters. The molecule has 15 heavy (non-hydrogen) atoms. The van der Waals surface area contributed by atoms with Gasteiger partial charge in [-0.3, -0.25) is 0 Å². The van der Waals surface area contributed by atoms with Crippen LogP contribution in [0.15, 0.2) is 35.7 Å². The number of sulfone groups is 1. The summed E-state index contributed by atoms with van der Waals surface area (Å²) in [6, 6.07) is 7.75. The number of halogens is 1. The fourth-order valence-electron chi connectivity index (χ4n) is 1.43. The highest BCUT2D eigenvalue weighted by Crippen LogP contribution is 2.16. The Hall–Kier alpha value is -0.560. The van der Waals surface area contributed by atoms with E-state index >= 15 is 0 Å². The molecule has 2 rings (SSSR count). The van der Waals surface area contributed by atoms with Crippen LogP contribution in [0.1, 0.15) is 0 Å². The Bertz CT molecular complexity index is 479. The highest BCUT2D eigenvalue weighted by Gasteiger charge is 2.20. The van der Waals surface area contributed by atoms with Gasteiger partial charge in [0.15, 0.2) is 9.84 Å². The molecule has 1 aromatic carbocycles. The Morgan fingerprint density at radius 3 is 2.47 bits per heavy atom. The predicted octanol–water partition coefficient (Wildman–Crippen LogP) is 2.01. The van der Waals surface area contributed by atoms with E-state index in [9.17, 15) is 8.42 Å². The van der Waals surface area contributed by atoms with Crippen LogP contribution in [0, 0.1) is 3.57 Å². The molecule has 0 spiro atoms. The summed E-state index contributed by atoms with van der Waals surface area (Å²) in [7, 11) is -2.97. The molecule has 0 fully saturated rings. The van der Waals surface area contributed by atoms with Crippen LogP contribution in [0.3, 0.4) is 0 Å². The minimum atomic E-state index is -2.97. The molecule has 0 saturated carbocycles. The van der Waals surface area contributed by atoms with Gasteiger partial charge in [0.25, 0.3) is 0 Å². The van der Waals surface area contributed by atoms with Gasteiger partial charge in [0.1, 0.15) is 0 Å². The van der Waals surface area contributed by atoms with E-state index in [4.69, 9.17) is 0 Å². The molecule has 0 saturated heterocycles. The first kappa shape index (κ1) is 10.9. The summed E-state index contributed by atoms with van der Waals surface area (Å²) < 4.78 is 23.5. The molecule has 1 aromatic rings. The van der Waals surface area contributed by atoms with Crippen LogP contribution in [0.5, 0.6) is 0 Å². The Labute approximate surface area is 103 Å². The lowest BCUT2D eigenvalue weighted by molar-refractivity contribution is 0.605. The maximum atomic E-state index is 11.2. The number of hydrogen-bond donors (Lipinski definition) is 1. The summed E-state index contributed by atoms with van der Waals surface area (Å²) in [5.41, 5.74) is 0.946. The lowest BCUT2D eigenvalue weighted by Crippen LogP contribution is -2.20. The van der Waals surface area contributed by atoms with Crippen LogP contribution >= 0.6 is 22.6 Å². The molecular formula is C10H10INO2S. The van der Waals surface area contributed by atoms with Crippen molar-refractivity contribution in [3.8, 4) is 0 Å². The standard InChI is InChI=1S/C10H10INO2S/c11-8-1-3-9(4-2-8)12-10-5-6-15(13,14)7-10/h1-6,10,12H,7H2. The smallest absolute Gasteiger partial charge is 0.173 e. The van der Waals surface area contributed by atoms with Gasteiger partial charge < -0.3 is 5.32 Å². The van der Waals surface area contributed by atoms with Crippen molar-refractivity contribution in [1.82, 2.24) is 0 Å². The minimum absolute atomic E-state index is 0.102. The molecule has 5 heteroatoms. The van der Waals surface area contributed by atoms with Gasteiger partial charge in [0.05, 0.1) is 11.8 Å². The Kier molecular flexibility index (Phi) is 3.01. The molecule has 80 valence electrons. The van der Waals surface area contributed by atoms with E-state index < -0.39 is 9.84 Å². The maximum Gasteiger partial charge on any atom is 0.173 e. The molecule has 1 aliphatic rings. The van der Waals surface area contributed by atoms with E-state index in [1.54, 1.807) is 6.08 Å². The summed E-state index contributed by atoms with van der Waals surface area (Å²) in [5.74, 6) is 0.152. The third kappa shape index (κ3) is 2.94. The van der Waals surface area contributed by atoms with Crippen LogP contribution < -0.4 is 5.32 Å². The van der Waals surface area contributed by atoms with Crippen molar-refractivity contribution in [3.05, 3.63) is 39.3 Å². The molecule has 1 aliphatic heterocycles. The quantitative estimate of drug-likeness (QED) is 0.841. The third-order valence-electron chi connectivity index (χ3n) is 2.13. The van der Waals surface area contributed by atoms with E-state index in [2.05, 4.69) is 27.9 Å². The Morgan fingerprint density at radius 1 is 1.27 bits per heavy atom. The van der Waals surface area contributed by atoms with Crippen molar-refractivity contribution < 1.29 is 8.42 Å². The van der Waals surface area contributed by atoms with Crippen molar-refractivity contribution in [2.75, 3.05) is 11.1 Å². The van der Waals surface area contributed by atoms with Crippen LogP contribution in [0.2, 0.25) is 0 Å². The van der Waals surface area contributed by atoms with E-state index in [1.807, 2.05) is 24.3 Å². The van der Waals surface area contributed by atoms with Crippen molar-refractivity contribution in [3.63, 3.8) is 0 Å². The van der Waals surface area contributed by atoms with E-state index in [-0.39, 0.29) is 11.8 Å². The van der Waals surface area contributed by atoms with Crippen molar-refractivity contribution in [1.29, 1.82) is 0 Å². The number of rotatable bonds is 2. The number of benzene rings is 1. The summed E-state index contributed by atoms with van der Waals surface area (Å²) in [4.78, 5) is 0. The molecular weight excluding hydrogens is 325 g/mol. The van der Waals surface area contributed by atoms with Crippen LogP contribution in [0.4, 0.5) is 5.69 Å². The molecule has 0 amide bonds. The second-order valence-corrected chi connectivity index (χ2v) is 6.59. The van der Waals surface area contributed by atoms with Crippen molar-refractivity contribution in [2.24, 2.45) is 0 Å². The predicted molar refractivity (Wildman–Crippen MR) is 69.5 cm³/mol. The molecule has 0 radical (unpaired) electrons. The zero-order chi connectivity index (χ0) is 10.9. The topological polar surface area (TPSA) is 46.2 Å². The Balaban J connectivity index is 2.05. The fourth-order valence-corrected chi connectivity index (χ4v) is 3.02. The number of nitrogens with one attached hydrogen (secondary N) is 1. The zero-order valence-electron chi connectivity index (χ0n) is 7.85. The third-order valence-corrected chi connectivity index (χ3v) is 4.24. The molecule has 0 aromatic heterocycles. The first-order valence-corrected chi connectivity index (χ1v) is 7.28. The summed E-state index contributed by atoms with van der Waals surface area (Å²) in [6.45, 7) is 0. The lowest BCUT2D eigenvalue weighted by atomic mass is 10.2. The van der Waals surface area contributed by atoms with Crippen LogP contribution in [-0.2, 0) is 9.84 Å². The van der Waals surface area contributed by atoms with Crippen LogP contribution in [0.25, 0.3) is 0 Å². The zero-order valence-corrected chi connectivity index (χ0v) is 10.8. The maximum absolute atomic E-state index is 11.2. The molecule has 0 bridgehead atoms.